The lowest BCUT2D eigenvalue weighted by Gasteiger charge is -2.00. The van der Waals surface area contributed by atoms with Crippen LogP contribution < -0.4 is 0 Å². The summed E-state index contributed by atoms with van der Waals surface area (Å²) in [5.41, 5.74) is 1.97. The summed E-state index contributed by atoms with van der Waals surface area (Å²) in [7, 11) is 0. The predicted molar refractivity (Wildman–Crippen MR) is 66.3 cm³/mol. The van der Waals surface area contributed by atoms with Crippen LogP contribution in [0.1, 0.15) is 17.8 Å². The molecule has 4 heteroatoms. The second-order valence-electron chi connectivity index (χ2n) is 4.43. The highest BCUT2D eigenvalue weighted by Gasteiger charge is 2.43. The number of hydrogen-bond donors (Lipinski definition) is 0. The Labute approximate surface area is 104 Å². The van der Waals surface area contributed by atoms with Gasteiger partial charge in [-0.2, -0.15) is 5.26 Å². The highest BCUT2D eigenvalue weighted by Crippen LogP contribution is 2.48. The maximum atomic E-state index is 9.06. The van der Waals surface area contributed by atoms with Crippen LogP contribution in [0.25, 0.3) is 11.3 Å². The van der Waals surface area contributed by atoms with Gasteiger partial charge in [-0.1, -0.05) is 0 Å². The molecule has 3 nitrogen and oxygen atoms in total. The second kappa shape index (κ2) is 3.94. The summed E-state index contributed by atoms with van der Waals surface area (Å²) in [4.78, 5) is 8.59. The van der Waals surface area contributed by atoms with Crippen molar-refractivity contribution in [2.75, 3.05) is 0 Å². The molecule has 0 radical (unpaired) electrons. The van der Waals surface area contributed by atoms with E-state index in [4.69, 9.17) is 5.26 Å². The Morgan fingerprint density at radius 1 is 1.35 bits per heavy atom. The maximum Gasteiger partial charge on any atom is 0.0948 e. The number of thiazole rings is 1. The highest BCUT2D eigenvalue weighted by molar-refractivity contribution is 7.09. The van der Waals surface area contributed by atoms with Crippen molar-refractivity contribution in [1.82, 2.24) is 9.97 Å². The number of nitrogens with zero attached hydrogens (tertiary/aromatic N) is 3. The van der Waals surface area contributed by atoms with Gasteiger partial charge in [0.05, 0.1) is 22.2 Å². The van der Waals surface area contributed by atoms with E-state index in [-0.39, 0.29) is 5.41 Å². The van der Waals surface area contributed by atoms with E-state index < -0.39 is 0 Å². The molecular formula is C13H11N3S. The van der Waals surface area contributed by atoms with Gasteiger partial charge in [0.2, 0.25) is 0 Å². The number of nitriles is 1. The fourth-order valence-electron chi connectivity index (χ4n) is 1.82. The number of rotatable bonds is 3. The van der Waals surface area contributed by atoms with Crippen LogP contribution in [-0.4, -0.2) is 9.97 Å². The first-order valence-electron chi connectivity index (χ1n) is 5.57. The molecule has 1 aliphatic carbocycles. The summed E-state index contributed by atoms with van der Waals surface area (Å²) in [5, 5.41) is 12.2. The summed E-state index contributed by atoms with van der Waals surface area (Å²) in [6.07, 6.45) is 6.39. The Hall–Kier alpha value is -1.73. The average Bonchev–Trinajstić information content (AvgIpc) is 3.00. The Bertz CT molecular complexity index is 564. The van der Waals surface area contributed by atoms with Gasteiger partial charge in [-0.25, -0.2) is 4.98 Å². The maximum absolute atomic E-state index is 9.06. The largest absolute Gasteiger partial charge is 0.265 e. The molecular weight excluding hydrogens is 230 g/mol. The number of hydrogen-bond acceptors (Lipinski definition) is 4. The summed E-state index contributed by atoms with van der Waals surface area (Å²) < 4.78 is 0. The molecule has 0 aliphatic heterocycles. The quantitative estimate of drug-likeness (QED) is 0.829. The molecule has 2 aromatic rings. The molecule has 0 saturated heterocycles. The van der Waals surface area contributed by atoms with E-state index in [0.29, 0.717) is 0 Å². The lowest BCUT2D eigenvalue weighted by atomic mass is 10.1. The van der Waals surface area contributed by atoms with Gasteiger partial charge >= 0.3 is 0 Å². The second-order valence-corrected chi connectivity index (χ2v) is 5.37. The topological polar surface area (TPSA) is 49.6 Å². The zero-order chi connectivity index (χ0) is 11.7. The van der Waals surface area contributed by atoms with Gasteiger partial charge in [0.1, 0.15) is 0 Å². The number of pyridine rings is 1. The van der Waals surface area contributed by atoms with Crippen LogP contribution in [0, 0.1) is 16.7 Å². The predicted octanol–water partition coefficient (Wildman–Crippen LogP) is 3.05. The molecule has 3 rings (SSSR count). The molecule has 0 N–H and O–H groups in total. The van der Waals surface area contributed by atoms with Gasteiger partial charge in [0.25, 0.3) is 0 Å². The molecule has 1 fully saturated rings. The van der Waals surface area contributed by atoms with E-state index in [9.17, 15) is 0 Å². The SMILES string of the molecule is N#CC1(Cc2nc(-c3ccncc3)cs2)CC1. The lowest BCUT2D eigenvalue weighted by Crippen LogP contribution is -2.00. The molecule has 2 heterocycles. The zero-order valence-corrected chi connectivity index (χ0v) is 10.1. The first-order valence-corrected chi connectivity index (χ1v) is 6.45. The van der Waals surface area contributed by atoms with Crippen LogP contribution in [-0.2, 0) is 6.42 Å². The first-order chi connectivity index (χ1) is 8.31. The Kier molecular flexibility index (Phi) is 2.41. The van der Waals surface area contributed by atoms with E-state index in [1.807, 2.05) is 12.1 Å². The Balaban J connectivity index is 1.82. The van der Waals surface area contributed by atoms with Crippen LogP contribution in [0.3, 0.4) is 0 Å². The van der Waals surface area contributed by atoms with Gasteiger partial charge in [0, 0.05) is 29.8 Å². The molecule has 1 aliphatic rings. The molecule has 0 bridgehead atoms. The van der Waals surface area contributed by atoms with Crippen molar-refractivity contribution in [1.29, 1.82) is 5.26 Å². The molecule has 0 aromatic carbocycles. The molecule has 0 unspecified atom stereocenters. The first kappa shape index (κ1) is 10.4. The molecule has 84 valence electrons. The van der Waals surface area contributed by atoms with Crippen LogP contribution in [0.5, 0.6) is 0 Å². The van der Waals surface area contributed by atoms with E-state index >= 15 is 0 Å². The van der Waals surface area contributed by atoms with Crippen molar-refractivity contribution < 1.29 is 0 Å². The minimum atomic E-state index is -0.104. The third-order valence-corrected chi connectivity index (χ3v) is 3.96. The highest BCUT2D eigenvalue weighted by atomic mass is 32.1. The van der Waals surface area contributed by atoms with Gasteiger partial charge in [-0.05, 0) is 25.0 Å². The summed E-state index contributed by atoms with van der Waals surface area (Å²) in [6, 6.07) is 6.32. The van der Waals surface area contributed by atoms with Crippen molar-refractivity contribution in [3.8, 4) is 17.3 Å². The van der Waals surface area contributed by atoms with Crippen LogP contribution in [0.15, 0.2) is 29.9 Å². The van der Waals surface area contributed by atoms with Crippen molar-refractivity contribution in [2.45, 2.75) is 19.3 Å². The molecule has 17 heavy (non-hydrogen) atoms. The third kappa shape index (κ3) is 2.06. The summed E-state index contributed by atoms with van der Waals surface area (Å²) in [6.45, 7) is 0. The minimum Gasteiger partial charge on any atom is -0.265 e. The smallest absolute Gasteiger partial charge is 0.0948 e. The van der Waals surface area contributed by atoms with Crippen molar-refractivity contribution >= 4 is 11.3 Å². The van der Waals surface area contributed by atoms with E-state index in [0.717, 1.165) is 35.5 Å². The normalized spacial score (nSPS) is 16.4. The van der Waals surface area contributed by atoms with Crippen molar-refractivity contribution in [2.24, 2.45) is 5.41 Å². The van der Waals surface area contributed by atoms with Crippen LogP contribution >= 0.6 is 11.3 Å². The van der Waals surface area contributed by atoms with Crippen molar-refractivity contribution in [3.05, 3.63) is 34.9 Å². The fraction of sp³-hybridized carbons (Fsp3) is 0.308. The third-order valence-electron chi connectivity index (χ3n) is 3.11. The van der Waals surface area contributed by atoms with Gasteiger partial charge in [0.15, 0.2) is 0 Å². The Morgan fingerprint density at radius 2 is 2.12 bits per heavy atom. The minimum absolute atomic E-state index is 0.104. The van der Waals surface area contributed by atoms with Crippen LogP contribution in [0.2, 0.25) is 0 Å². The Morgan fingerprint density at radius 3 is 2.76 bits per heavy atom. The molecule has 0 amide bonds. The van der Waals surface area contributed by atoms with Gasteiger partial charge in [-0.15, -0.1) is 11.3 Å². The van der Waals surface area contributed by atoms with Crippen molar-refractivity contribution in [3.63, 3.8) is 0 Å². The molecule has 2 aromatic heterocycles. The fourth-order valence-corrected chi connectivity index (χ4v) is 2.76. The van der Waals surface area contributed by atoms with Gasteiger partial charge in [-0.3, -0.25) is 4.98 Å². The molecule has 0 atom stereocenters. The van der Waals surface area contributed by atoms with E-state index in [1.165, 1.54) is 0 Å². The van der Waals surface area contributed by atoms with E-state index in [1.54, 1.807) is 23.7 Å². The standard InChI is InChI=1S/C13H11N3S/c14-9-13(3-4-13)7-12-16-11(8-17-12)10-1-5-15-6-2-10/h1-2,5-6,8H,3-4,7H2. The molecule has 1 saturated carbocycles. The molecule has 0 spiro atoms. The monoisotopic (exact) mass is 241 g/mol. The summed E-state index contributed by atoms with van der Waals surface area (Å²) >= 11 is 1.64. The van der Waals surface area contributed by atoms with Gasteiger partial charge < -0.3 is 0 Å². The zero-order valence-electron chi connectivity index (χ0n) is 9.26. The summed E-state index contributed by atoms with van der Waals surface area (Å²) in [5.74, 6) is 0. The lowest BCUT2D eigenvalue weighted by molar-refractivity contribution is 0.662. The number of aromatic nitrogens is 2. The van der Waals surface area contributed by atoms with Crippen LogP contribution in [0.4, 0.5) is 0 Å². The van der Waals surface area contributed by atoms with E-state index in [2.05, 4.69) is 21.4 Å². The average molecular weight is 241 g/mol.